The number of hydrogen-bond acceptors (Lipinski definition) is 2. The van der Waals surface area contributed by atoms with Gasteiger partial charge in [0.2, 0.25) is 0 Å². The van der Waals surface area contributed by atoms with Gasteiger partial charge in [0.15, 0.2) is 0 Å². The summed E-state index contributed by atoms with van der Waals surface area (Å²) in [6, 6.07) is 12.1. The van der Waals surface area contributed by atoms with Crippen LogP contribution in [0.3, 0.4) is 0 Å². The summed E-state index contributed by atoms with van der Waals surface area (Å²) in [5, 5.41) is 0. The molecule has 0 spiro atoms. The maximum atomic E-state index is 14.1. The second-order valence-electron chi connectivity index (χ2n) is 9.35. The number of nitrogens with zero attached hydrogens (tertiary/aromatic N) is 1. The van der Waals surface area contributed by atoms with Gasteiger partial charge in [0.25, 0.3) is 11.8 Å². The number of carbonyl (C=O) groups excluding carboxylic acids is 2. The Labute approximate surface area is 163 Å². The number of amides is 2. The summed E-state index contributed by atoms with van der Waals surface area (Å²) in [6.45, 7) is 0. The van der Waals surface area contributed by atoms with Crippen molar-refractivity contribution >= 4 is 17.5 Å². The van der Waals surface area contributed by atoms with Crippen LogP contribution in [0.15, 0.2) is 42.5 Å². The molecule has 1 heterocycles. The van der Waals surface area contributed by atoms with Gasteiger partial charge >= 0.3 is 0 Å². The monoisotopic (exact) mass is 375 g/mol. The van der Waals surface area contributed by atoms with Crippen LogP contribution in [-0.2, 0) is 5.41 Å². The van der Waals surface area contributed by atoms with Crippen LogP contribution < -0.4 is 4.90 Å². The van der Waals surface area contributed by atoms with Gasteiger partial charge < -0.3 is 0 Å². The number of hydrogen-bond donors (Lipinski definition) is 0. The fourth-order valence-electron chi connectivity index (χ4n) is 6.91. The molecule has 142 valence electrons. The first-order valence-corrected chi connectivity index (χ1v) is 10.3. The summed E-state index contributed by atoms with van der Waals surface area (Å²) in [4.78, 5) is 26.5. The molecule has 4 heteroatoms. The van der Waals surface area contributed by atoms with Crippen LogP contribution in [0.2, 0.25) is 0 Å². The lowest BCUT2D eigenvalue weighted by atomic mass is 9.48. The number of benzene rings is 2. The Morgan fingerprint density at radius 3 is 2.00 bits per heavy atom. The predicted octanol–water partition coefficient (Wildman–Crippen LogP) is 5.09. The van der Waals surface area contributed by atoms with Gasteiger partial charge in [0, 0.05) is 0 Å². The van der Waals surface area contributed by atoms with Crippen molar-refractivity contribution in [3.63, 3.8) is 0 Å². The first-order valence-electron chi connectivity index (χ1n) is 10.3. The number of anilines is 1. The Balaban J connectivity index is 1.34. The van der Waals surface area contributed by atoms with E-state index in [9.17, 15) is 14.0 Å². The second kappa shape index (κ2) is 5.53. The van der Waals surface area contributed by atoms with Gasteiger partial charge in [-0.1, -0.05) is 18.2 Å². The van der Waals surface area contributed by atoms with Gasteiger partial charge in [-0.05, 0) is 91.5 Å². The lowest BCUT2D eigenvalue weighted by Gasteiger charge is -2.57. The number of rotatable bonds is 2. The van der Waals surface area contributed by atoms with E-state index in [-0.39, 0.29) is 16.5 Å². The van der Waals surface area contributed by atoms with E-state index in [0.717, 1.165) is 22.7 Å². The summed E-state index contributed by atoms with van der Waals surface area (Å²) in [6.07, 6.45) is 8.03. The zero-order valence-corrected chi connectivity index (χ0v) is 15.7. The fourth-order valence-corrected chi connectivity index (χ4v) is 6.91. The normalized spacial score (nSPS) is 32.9. The topological polar surface area (TPSA) is 37.4 Å². The molecular formula is C24H22FNO2. The maximum absolute atomic E-state index is 14.1. The highest BCUT2D eigenvalue weighted by atomic mass is 19.1. The summed E-state index contributed by atoms with van der Waals surface area (Å²) in [5.41, 5.74) is 2.19. The standard InChI is InChI=1S/C24H22FNO2/c25-20-3-1-2-19-21(20)23(28)26(22(19)27)18-6-4-17(5-7-18)24-11-14-8-15(12-24)10-16(9-14)13-24/h1-7,14-16H,8-13H2. The lowest BCUT2D eigenvalue weighted by molar-refractivity contribution is -0.00518. The minimum atomic E-state index is -0.636. The molecule has 28 heavy (non-hydrogen) atoms. The third-order valence-corrected chi connectivity index (χ3v) is 7.64. The largest absolute Gasteiger partial charge is 0.269 e. The average molecular weight is 375 g/mol. The van der Waals surface area contributed by atoms with Crippen molar-refractivity contribution in [3.8, 4) is 0 Å². The first kappa shape index (κ1) is 16.5. The Kier molecular flexibility index (Phi) is 3.25. The van der Waals surface area contributed by atoms with Crippen molar-refractivity contribution in [2.45, 2.75) is 43.9 Å². The van der Waals surface area contributed by atoms with Crippen molar-refractivity contribution in [3.05, 3.63) is 65.0 Å². The van der Waals surface area contributed by atoms with Crippen molar-refractivity contribution < 1.29 is 14.0 Å². The van der Waals surface area contributed by atoms with E-state index in [1.165, 1.54) is 62.3 Å². The average Bonchev–Trinajstić information content (AvgIpc) is 2.92. The third-order valence-electron chi connectivity index (χ3n) is 7.64. The molecule has 7 rings (SSSR count). The van der Waals surface area contributed by atoms with E-state index >= 15 is 0 Å². The van der Waals surface area contributed by atoms with Gasteiger partial charge in [0.05, 0.1) is 16.8 Å². The molecule has 3 nitrogen and oxygen atoms in total. The summed E-state index contributed by atoms with van der Waals surface area (Å²) >= 11 is 0. The zero-order valence-electron chi connectivity index (χ0n) is 15.7. The van der Waals surface area contributed by atoms with E-state index in [1.807, 2.05) is 12.1 Å². The maximum Gasteiger partial charge on any atom is 0.269 e. The molecule has 0 atom stereocenters. The van der Waals surface area contributed by atoms with E-state index in [0.29, 0.717) is 5.69 Å². The van der Waals surface area contributed by atoms with Crippen molar-refractivity contribution in [2.24, 2.45) is 17.8 Å². The molecule has 4 bridgehead atoms. The molecule has 0 aromatic heterocycles. The van der Waals surface area contributed by atoms with E-state index in [4.69, 9.17) is 0 Å². The van der Waals surface area contributed by atoms with Crippen LogP contribution in [-0.4, -0.2) is 11.8 Å². The van der Waals surface area contributed by atoms with Crippen LogP contribution in [0.4, 0.5) is 10.1 Å². The lowest BCUT2D eigenvalue weighted by Crippen LogP contribution is -2.48. The molecule has 2 amide bonds. The molecular weight excluding hydrogens is 353 g/mol. The number of imide groups is 1. The Morgan fingerprint density at radius 1 is 0.821 bits per heavy atom. The van der Waals surface area contributed by atoms with Crippen molar-refractivity contribution in [1.82, 2.24) is 0 Å². The molecule has 4 saturated carbocycles. The van der Waals surface area contributed by atoms with Crippen LogP contribution in [0.25, 0.3) is 0 Å². The van der Waals surface area contributed by atoms with Crippen molar-refractivity contribution in [2.75, 3.05) is 4.90 Å². The SMILES string of the molecule is O=C1c2cccc(F)c2C(=O)N1c1ccc(C23CC4CC(CC(C4)C2)C3)cc1. The summed E-state index contributed by atoms with van der Waals surface area (Å²) in [5.74, 6) is 0.951. The molecule has 1 aliphatic heterocycles. The first-order chi connectivity index (χ1) is 13.5. The number of fused-ring (bicyclic) bond motifs is 1. The van der Waals surface area contributed by atoms with Crippen LogP contribution in [0, 0.1) is 23.6 Å². The van der Waals surface area contributed by atoms with Crippen molar-refractivity contribution in [1.29, 1.82) is 0 Å². The highest BCUT2D eigenvalue weighted by Gasteiger charge is 2.51. The quantitative estimate of drug-likeness (QED) is 0.685. The van der Waals surface area contributed by atoms with Gasteiger partial charge in [-0.2, -0.15) is 0 Å². The minimum absolute atomic E-state index is 0.113. The molecule has 0 saturated heterocycles. The van der Waals surface area contributed by atoms with Gasteiger partial charge in [-0.3, -0.25) is 9.59 Å². The van der Waals surface area contributed by atoms with Crippen LogP contribution in [0.1, 0.15) is 64.8 Å². The third kappa shape index (κ3) is 2.15. The minimum Gasteiger partial charge on any atom is -0.268 e. The molecule has 0 radical (unpaired) electrons. The van der Waals surface area contributed by atoms with Gasteiger partial charge in [0.1, 0.15) is 5.82 Å². The Bertz CT molecular complexity index is 974. The number of halogens is 1. The smallest absolute Gasteiger partial charge is 0.268 e. The summed E-state index contributed by atoms with van der Waals surface area (Å²) < 4.78 is 14.1. The highest BCUT2D eigenvalue weighted by Crippen LogP contribution is 2.60. The van der Waals surface area contributed by atoms with E-state index < -0.39 is 17.6 Å². The van der Waals surface area contributed by atoms with Gasteiger partial charge in [-0.25, -0.2) is 9.29 Å². The fraction of sp³-hybridized carbons (Fsp3) is 0.417. The Hall–Kier alpha value is -2.49. The molecule has 4 aliphatic carbocycles. The predicted molar refractivity (Wildman–Crippen MR) is 104 cm³/mol. The zero-order chi connectivity index (χ0) is 19.0. The van der Waals surface area contributed by atoms with E-state index in [2.05, 4.69) is 12.1 Å². The molecule has 5 aliphatic rings. The Morgan fingerprint density at radius 2 is 1.43 bits per heavy atom. The summed E-state index contributed by atoms with van der Waals surface area (Å²) in [7, 11) is 0. The molecule has 0 unspecified atom stereocenters. The van der Waals surface area contributed by atoms with Crippen LogP contribution >= 0.6 is 0 Å². The van der Waals surface area contributed by atoms with Crippen LogP contribution in [0.5, 0.6) is 0 Å². The van der Waals surface area contributed by atoms with Gasteiger partial charge in [-0.15, -0.1) is 0 Å². The van der Waals surface area contributed by atoms with E-state index in [1.54, 1.807) is 0 Å². The molecule has 4 fully saturated rings. The molecule has 0 N–H and O–H groups in total. The second-order valence-corrected chi connectivity index (χ2v) is 9.35. The number of carbonyl (C=O) groups is 2. The molecule has 2 aromatic rings. The molecule has 2 aromatic carbocycles. The highest BCUT2D eigenvalue weighted by molar-refractivity contribution is 6.34.